The number of pyridine rings is 1. The third kappa shape index (κ3) is 3.37. The summed E-state index contributed by atoms with van der Waals surface area (Å²) in [6.45, 7) is 0.987. The first-order chi connectivity index (χ1) is 13.1. The summed E-state index contributed by atoms with van der Waals surface area (Å²) in [7, 11) is 0. The van der Waals surface area contributed by atoms with Crippen molar-refractivity contribution in [2.24, 2.45) is 0 Å². The number of nitriles is 1. The molecule has 1 aliphatic heterocycles. The summed E-state index contributed by atoms with van der Waals surface area (Å²) >= 11 is 0. The number of fused-ring (bicyclic) bond motifs is 1. The van der Waals surface area contributed by atoms with Crippen molar-refractivity contribution in [1.82, 2.24) is 24.5 Å². The molecule has 1 atom stereocenters. The maximum absolute atomic E-state index is 11.2. The van der Waals surface area contributed by atoms with E-state index in [1.54, 1.807) is 35.4 Å². The average Bonchev–Trinajstić information content (AvgIpc) is 3.11. The molecule has 0 aliphatic carbocycles. The monoisotopic (exact) mass is 363 g/mol. The molecule has 9 heteroatoms. The summed E-state index contributed by atoms with van der Waals surface area (Å²) < 4.78 is 1.64. The topological polar surface area (TPSA) is 119 Å². The van der Waals surface area contributed by atoms with Crippen molar-refractivity contribution in [1.29, 1.82) is 5.26 Å². The number of carbonyl (C=O) groups is 1. The van der Waals surface area contributed by atoms with Crippen LogP contribution in [0.3, 0.4) is 0 Å². The lowest BCUT2D eigenvalue weighted by molar-refractivity contribution is 0.133. The van der Waals surface area contributed by atoms with Gasteiger partial charge in [0.2, 0.25) is 0 Å². The lowest BCUT2D eigenvalue weighted by Gasteiger charge is -2.31. The second-order valence-electron chi connectivity index (χ2n) is 6.42. The third-order valence-corrected chi connectivity index (χ3v) is 4.60. The Morgan fingerprint density at radius 1 is 1.33 bits per heavy atom. The van der Waals surface area contributed by atoms with Crippen molar-refractivity contribution in [2.75, 3.05) is 18.4 Å². The van der Waals surface area contributed by atoms with Gasteiger partial charge < -0.3 is 15.3 Å². The maximum atomic E-state index is 11.2. The fourth-order valence-electron chi connectivity index (χ4n) is 3.29. The molecule has 0 radical (unpaired) electrons. The Hall–Kier alpha value is -3.67. The van der Waals surface area contributed by atoms with Crippen molar-refractivity contribution in [3.05, 3.63) is 42.5 Å². The largest absolute Gasteiger partial charge is 0.465 e. The van der Waals surface area contributed by atoms with Crippen LogP contribution in [-0.4, -0.2) is 54.8 Å². The van der Waals surface area contributed by atoms with Gasteiger partial charge in [0.05, 0.1) is 35.4 Å². The molecule has 1 fully saturated rings. The molecule has 9 nitrogen and oxygen atoms in total. The van der Waals surface area contributed by atoms with Gasteiger partial charge in [0.25, 0.3) is 0 Å². The molecule has 136 valence electrons. The highest BCUT2D eigenvalue weighted by molar-refractivity contribution is 5.78. The van der Waals surface area contributed by atoms with Crippen LogP contribution in [0.1, 0.15) is 18.4 Å². The fourth-order valence-corrected chi connectivity index (χ4v) is 3.29. The lowest BCUT2D eigenvalue weighted by atomic mass is 10.1. The third-order valence-electron chi connectivity index (χ3n) is 4.60. The first kappa shape index (κ1) is 16.8. The van der Waals surface area contributed by atoms with Crippen molar-refractivity contribution >= 4 is 17.4 Å². The standard InChI is InChI=1S/C18H17N7O2/c19-6-12-3-4-16-14(7-21-25(16)10-12)15-8-20-9-17(23-15)22-13-2-1-5-24(11-13)18(26)27/h3-4,7-10,13H,1-2,5,11H2,(H,22,23)(H,26,27)/t13-/m1/s1. The summed E-state index contributed by atoms with van der Waals surface area (Å²) in [4.78, 5) is 21.5. The number of carboxylic acid groups (broad SMARTS) is 1. The highest BCUT2D eigenvalue weighted by Crippen LogP contribution is 2.24. The van der Waals surface area contributed by atoms with Crippen LogP contribution in [0.5, 0.6) is 0 Å². The zero-order valence-electron chi connectivity index (χ0n) is 14.4. The van der Waals surface area contributed by atoms with Gasteiger partial charge in [-0.05, 0) is 25.0 Å². The molecule has 0 spiro atoms. The van der Waals surface area contributed by atoms with Gasteiger partial charge in [-0.2, -0.15) is 10.4 Å². The smallest absolute Gasteiger partial charge is 0.407 e. The van der Waals surface area contributed by atoms with E-state index in [1.807, 2.05) is 6.07 Å². The normalized spacial score (nSPS) is 16.9. The van der Waals surface area contributed by atoms with E-state index >= 15 is 0 Å². The summed E-state index contributed by atoms with van der Waals surface area (Å²) in [6.07, 6.45) is 7.43. The molecule has 1 aliphatic rings. The number of aromatic nitrogens is 4. The van der Waals surface area contributed by atoms with Crippen LogP contribution in [0.15, 0.2) is 36.9 Å². The lowest BCUT2D eigenvalue weighted by Crippen LogP contribution is -2.44. The van der Waals surface area contributed by atoms with Crippen molar-refractivity contribution in [2.45, 2.75) is 18.9 Å². The Bertz CT molecular complexity index is 1040. The Balaban J connectivity index is 1.58. The van der Waals surface area contributed by atoms with Gasteiger partial charge in [0.1, 0.15) is 11.9 Å². The quantitative estimate of drug-likeness (QED) is 0.732. The summed E-state index contributed by atoms with van der Waals surface area (Å²) in [5, 5.41) is 25.7. The highest BCUT2D eigenvalue weighted by atomic mass is 16.4. The Kier molecular flexibility index (Phi) is 4.30. The minimum atomic E-state index is -0.899. The minimum absolute atomic E-state index is 0.00138. The number of amides is 1. The van der Waals surface area contributed by atoms with Gasteiger partial charge in [0, 0.05) is 30.9 Å². The molecule has 2 N–H and O–H groups in total. The van der Waals surface area contributed by atoms with E-state index < -0.39 is 6.09 Å². The molecule has 27 heavy (non-hydrogen) atoms. The molecule has 4 heterocycles. The second-order valence-corrected chi connectivity index (χ2v) is 6.42. The molecular formula is C18H17N7O2. The number of likely N-dealkylation sites (tertiary alicyclic amines) is 1. The molecule has 0 aromatic carbocycles. The van der Waals surface area contributed by atoms with E-state index in [9.17, 15) is 4.79 Å². The molecule has 3 aromatic heterocycles. The molecular weight excluding hydrogens is 346 g/mol. The predicted molar refractivity (Wildman–Crippen MR) is 97.2 cm³/mol. The first-order valence-corrected chi connectivity index (χ1v) is 8.58. The van der Waals surface area contributed by atoms with E-state index in [-0.39, 0.29) is 6.04 Å². The summed E-state index contributed by atoms with van der Waals surface area (Å²) in [5.74, 6) is 0.595. The molecule has 0 unspecified atom stereocenters. The fraction of sp³-hybridized carbons (Fsp3) is 0.278. The van der Waals surface area contributed by atoms with Crippen LogP contribution < -0.4 is 5.32 Å². The Labute approximate surface area is 154 Å². The first-order valence-electron chi connectivity index (χ1n) is 8.58. The maximum Gasteiger partial charge on any atom is 0.407 e. The number of piperidine rings is 1. The van der Waals surface area contributed by atoms with Crippen LogP contribution >= 0.6 is 0 Å². The van der Waals surface area contributed by atoms with Crippen LogP contribution in [0.4, 0.5) is 10.6 Å². The van der Waals surface area contributed by atoms with Gasteiger partial charge in [0.15, 0.2) is 0 Å². The van der Waals surface area contributed by atoms with Crippen LogP contribution in [0.25, 0.3) is 16.8 Å². The number of nitrogens with one attached hydrogen (secondary N) is 1. The summed E-state index contributed by atoms with van der Waals surface area (Å²) in [5.41, 5.74) is 2.83. The zero-order valence-corrected chi connectivity index (χ0v) is 14.4. The van der Waals surface area contributed by atoms with Gasteiger partial charge >= 0.3 is 6.09 Å². The van der Waals surface area contributed by atoms with E-state index in [0.717, 1.165) is 23.9 Å². The molecule has 1 saturated heterocycles. The van der Waals surface area contributed by atoms with Gasteiger partial charge in [-0.25, -0.2) is 14.3 Å². The van der Waals surface area contributed by atoms with E-state index in [2.05, 4.69) is 26.5 Å². The Morgan fingerprint density at radius 2 is 2.22 bits per heavy atom. The number of rotatable bonds is 3. The molecule has 4 rings (SSSR count). The average molecular weight is 363 g/mol. The van der Waals surface area contributed by atoms with Crippen LogP contribution in [0, 0.1) is 11.3 Å². The van der Waals surface area contributed by atoms with E-state index in [1.165, 1.54) is 4.90 Å². The highest BCUT2D eigenvalue weighted by Gasteiger charge is 2.23. The molecule has 0 saturated carbocycles. The summed E-state index contributed by atoms with van der Waals surface area (Å²) in [6, 6.07) is 5.65. The van der Waals surface area contributed by atoms with Crippen LogP contribution in [-0.2, 0) is 0 Å². The second kappa shape index (κ2) is 6.92. The molecule has 3 aromatic rings. The predicted octanol–water partition coefficient (Wildman–Crippen LogP) is 2.22. The van der Waals surface area contributed by atoms with E-state index in [0.29, 0.717) is 30.2 Å². The number of hydrogen-bond donors (Lipinski definition) is 2. The van der Waals surface area contributed by atoms with Crippen molar-refractivity contribution in [3.63, 3.8) is 0 Å². The SMILES string of the molecule is N#Cc1ccc2c(-c3cncc(N[C@@H]4CCCN(C(=O)O)C4)n3)cnn2c1. The number of hydrogen-bond acceptors (Lipinski definition) is 6. The molecule has 1 amide bonds. The van der Waals surface area contributed by atoms with E-state index in [4.69, 9.17) is 10.4 Å². The van der Waals surface area contributed by atoms with Gasteiger partial charge in [-0.3, -0.25) is 4.98 Å². The zero-order chi connectivity index (χ0) is 18.8. The number of anilines is 1. The van der Waals surface area contributed by atoms with Crippen molar-refractivity contribution in [3.8, 4) is 17.3 Å². The number of nitrogens with zero attached hydrogens (tertiary/aromatic N) is 6. The van der Waals surface area contributed by atoms with Gasteiger partial charge in [-0.15, -0.1) is 0 Å². The Morgan fingerprint density at radius 3 is 3.04 bits per heavy atom. The van der Waals surface area contributed by atoms with Crippen molar-refractivity contribution < 1.29 is 9.90 Å². The van der Waals surface area contributed by atoms with Gasteiger partial charge in [-0.1, -0.05) is 0 Å². The molecule has 0 bridgehead atoms. The minimum Gasteiger partial charge on any atom is -0.465 e. The van der Waals surface area contributed by atoms with Crippen LogP contribution in [0.2, 0.25) is 0 Å².